The van der Waals surface area contributed by atoms with E-state index in [1.165, 1.54) is 24.9 Å². The van der Waals surface area contributed by atoms with E-state index in [0.717, 1.165) is 25.6 Å². The van der Waals surface area contributed by atoms with E-state index in [9.17, 15) is 0 Å². The van der Waals surface area contributed by atoms with E-state index in [1.807, 2.05) is 25.0 Å². The summed E-state index contributed by atoms with van der Waals surface area (Å²) in [6, 6.07) is 0.882. The second kappa shape index (κ2) is 9.03. The maximum absolute atomic E-state index is 4.37. The number of nitrogens with zero attached hydrogens (tertiary/aromatic N) is 5. The lowest BCUT2D eigenvalue weighted by Gasteiger charge is -2.26. The van der Waals surface area contributed by atoms with Gasteiger partial charge in [0, 0.05) is 45.0 Å². The Morgan fingerprint density at radius 1 is 1.46 bits per heavy atom. The molecule has 0 aliphatic carbocycles. The fourth-order valence-electron chi connectivity index (χ4n) is 3.38. The fourth-order valence-corrected chi connectivity index (χ4v) is 3.38. The zero-order valence-electron chi connectivity index (χ0n) is 15.8. The number of rotatable bonds is 7. The molecule has 0 spiro atoms. The van der Waals surface area contributed by atoms with Crippen molar-refractivity contribution in [3.05, 3.63) is 18.0 Å². The molecule has 1 aromatic heterocycles. The van der Waals surface area contributed by atoms with Gasteiger partial charge in [-0.05, 0) is 40.0 Å². The third-order valence-corrected chi connectivity index (χ3v) is 4.83. The van der Waals surface area contributed by atoms with Crippen LogP contribution >= 0.6 is 0 Å². The number of likely N-dealkylation sites (tertiary alicyclic amines) is 1. The summed E-state index contributed by atoms with van der Waals surface area (Å²) in [5.41, 5.74) is 1.21. The molecule has 2 atom stereocenters. The molecule has 0 amide bonds. The van der Waals surface area contributed by atoms with E-state index in [2.05, 4.69) is 57.7 Å². The predicted molar refractivity (Wildman–Crippen MR) is 99.3 cm³/mol. The van der Waals surface area contributed by atoms with Gasteiger partial charge in [-0.2, -0.15) is 5.10 Å². The van der Waals surface area contributed by atoms with Crippen LogP contribution in [0.2, 0.25) is 0 Å². The molecule has 24 heavy (non-hydrogen) atoms. The molecule has 2 N–H and O–H groups in total. The molecule has 2 heterocycles. The molecule has 1 aliphatic rings. The summed E-state index contributed by atoms with van der Waals surface area (Å²) in [7, 11) is 7.96. The minimum absolute atomic E-state index is 0.260. The number of aryl methyl sites for hydroxylation is 1. The average Bonchev–Trinajstić information content (AvgIpc) is 3.18. The van der Waals surface area contributed by atoms with Gasteiger partial charge in [0.25, 0.3) is 0 Å². The first-order chi connectivity index (χ1) is 11.5. The van der Waals surface area contributed by atoms with Gasteiger partial charge in [0.2, 0.25) is 0 Å². The second-order valence-corrected chi connectivity index (χ2v) is 6.69. The monoisotopic (exact) mass is 335 g/mol. The number of aromatic nitrogens is 2. The Morgan fingerprint density at radius 2 is 2.25 bits per heavy atom. The maximum Gasteiger partial charge on any atom is 0.191 e. The van der Waals surface area contributed by atoms with Crippen molar-refractivity contribution in [3.63, 3.8) is 0 Å². The Labute approximate surface area is 146 Å². The molecule has 1 fully saturated rings. The molecule has 2 rings (SSSR count). The number of guanidine groups is 1. The van der Waals surface area contributed by atoms with Crippen LogP contribution in [-0.2, 0) is 7.05 Å². The molecule has 7 heteroatoms. The van der Waals surface area contributed by atoms with E-state index in [0.29, 0.717) is 6.04 Å². The summed E-state index contributed by atoms with van der Waals surface area (Å²) >= 11 is 0. The number of hydrogen-bond acceptors (Lipinski definition) is 4. The van der Waals surface area contributed by atoms with Crippen LogP contribution in [0.15, 0.2) is 17.4 Å². The Bertz CT molecular complexity index is 523. The zero-order chi connectivity index (χ0) is 17.5. The van der Waals surface area contributed by atoms with Crippen molar-refractivity contribution in [1.82, 2.24) is 30.2 Å². The van der Waals surface area contributed by atoms with Crippen LogP contribution in [0.3, 0.4) is 0 Å². The highest BCUT2D eigenvalue weighted by atomic mass is 15.3. The van der Waals surface area contributed by atoms with Gasteiger partial charge in [0.1, 0.15) is 0 Å². The van der Waals surface area contributed by atoms with Gasteiger partial charge in [0.15, 0.2) is 5.96 Å². The molecule has 1 aliphatic heterocycles. The van der Waals surface area contributed by atoms with Gasteiger partial charge in [-0.1, -0.05) is 6.92 Å². The Hall–Kier alpha value is -1.60. The van der Waals surface area contributed by atoms with Crippen LogP contribution < -0.4 is 10.6 Å². The smallest absolute Gasteiger partial charge is 0.191 e. The summed E-state index contributed by atoms with van der Waals surface area (Å²) < 4.78 is 1.85. The Kier molecular flexibility index (Phi) is 7.05. The summed E-state index contributed by atoms with van der Waals surface area (Å²) in [6.45, 7) is 6.33. The third kappa shape index (κ3) is 4.95. The number of hydrogen-bond donors (Lipinski definition) is 2. The zero-order valence-corrected chi connectivity index (χ0v) is 15.8. The number of likely N-dealkylation sites (N-methyl/N-ethyl adjacent to an activating group) is 2. The molecule has 0 bridgehead atoms. The number of aliphatic imine (C=N–C) groups is 1. The SMILES string of the molecule is CCN1CCCC1CNC(=NC)NCC(c1cnn(C)c1)N(C)C. The van der Waals surface area contributed by atoms with E-state index >= 15 is 0 Å². The van der Waals surface area contributed by atoms with Crippen molar-refractivity contribution in [2.24, 2.45) is 12.0 Å². The summed E-state index contributed by atoms with van der Waals surface area (Å²) in [5, 5.41) is 11.2. The molecule has 0 aromatic carbocycles. The number of nitrogens with one attached hydrogen (secondary N) is 2. The molecule has 136 valence electrons. The normalized spacial score (nSPS) is 20.6. The summed E-state index contributed by atoms with van der Waals surface area (Å²) in [4.78, 5) is 9.11. The van der Waals surface area contributed by atoms with Crippen LogP contribution in [0.4, 0.5) is 0 Å². The second-order valence-electron chi connectivity index (χ2n) is 6.69. The van der Waals surface area contributed by atoms with Gasteiger partial charge in [-0.15, -0.1) is 0 Å². The van der Waals surface area contributed by atoms with Crippen LogP contribution in [0.25, 0.3) is 0 Å². The van der Waals surface area contributed by atoms with Crippen LogP contribution in [0.1, 0.15) is 31.4 Å². The molecule has 2 unspecified atom stereocenters. The van der Waals surface area contributed by atoms with Gasteiger partial charge < -0.3 is 15.5 Å². The van der Waals surface area contributed by atoms with Gasteiger partial charge in [-0.3, -0.25) is 14.6 Å². The molecule has 1 saturated heterocycles. The van der Waals surface area contributed by atoms with Gasteiger partial charge in [-0.25, -0.2) is 0 Å². The van der Waals surface area contributed by atoms with Crippen LogP contribution in [0, 0.1) is 0 Å². The molecule has 0 radical (unpaired) electrons. The molecular formula is C17H33N7. The van der Waals surface area contributed by atoms with Gasteiger partial charge in [0.05, 0.1) is 12.2 Å². The first kappa shape index (κ1) is 18.7. The molecule has 1 aromatic rings. The van der Waals surface area contributed by atoms with E-state index < -0.39 is 0 Å². The van der Waals surface area contributed by atoms with Crippen molar-refractivity contribution in [1.29, 1.82) is 0 Å². The topological polar surface area (TPSA) is 60.7 Å². The Balaban J connectivity index is 1.85. The van der Waals surface area contributed by atoms with Crippen LogP contribution in [-0.4, -0.2) is 78.9 Å². The molecular weight excluding hydrogens is 302 g/mol. The third-order valence-electron chi connectivity index (χ3n) is 4.83. The highest BCUT2D eigenvalue weighted by Gasteiger charge is 2.23. The minimum atomic E-state index is 0.260. The van der Waals surface area contributed by atoms with Gasteiger partial charge >= 0.3 is 0 Å². The summed E-state index contributed by atoms with van der Waals surface area (Å²) in [6.07, 6.45) is 6.57. The van der Waals surface area contributed by atoms with Crippen molar-refractivity contribution in [2.45, 2.75) is 31.8 Å². The maximum atomic E-state index is 4.37. The van der Waals surface area contributed by atoms with Crippen molar-refractivity contribution >= 4 is 5.96 Å². The summed E-state index contributed by atoms with van der Waals surface area (Å²) in [5.74, 6) is 0.869. The van der Waals surface area contributed by atoms with E-state index in [4.69, 9.17) is 0 Å². The lowest BCUT2D eigenvalue weighted by molar-refractivity contribution is 0.266. The quantitative estimate of drug-likeness (QED) is 0.567. The highest BCUT2D eigenvalue weighted by molar-refractivity contribution is 5.79. The lowest BCUT2D eigenvalue weighted by Crippen LogP contribution is -2.46. The lowest BCUT2D eigenvalue weighted by atomic mass is 10.1. The molecule has 0 saturated carbocycles. The average molecular weight is 336 g/mol. The Morgan fingerprint density at radius 3 is 2.83 bits per heavy atom. The van der Waals surface area contributed by atoms with E-state index in [1.54, 1.807) is 0 Å². The van der Waals surface area contributed by atoms with Crippen molar-refractivity contribution < 1.29 is 0 Å². The first-order valence-electron chi connectivity index (χ1n) is 8.88. The fraction of sp³-hybridized carbons (Fsp3) is 0.765. The van der Waals surface area contributed by atoms with Crippen LogP contribution in [0.5, 0.6) is 0 Å². The first-order valence-corrected chi connectivity index (χ1v) is 8.88. The standard InChI is InChI=1S/C17H33N7/c1-6-24-9-7-8-15(24)11-19-17(18-2)20-12-16(22(3)4)14-10-21-23(5)13-14/h10,13,15-16H,6-9,11-12H2,1-5H3,(H2,18,19,20). The van der Waals surface area contributed by atoms with E-state index in [-0.39, 0.29) is 6.04 Å². The predicted octanol–water partition coefficient (Wildman–Crippen LogP) is 0.672. The molecule has 7 nitrogen and oxygen atoms in total. The van der Waals surface area contributed by atoms with Crippen molar-refractivity contribution in [2.75, 3.05) is 47.3 Å². The largest absolute Gasteiger partial charge is 0.355 e. The highest BCUT2D eigenvalue weighted by Crippen LogP contribution is 2.17. The minimum Gasteiger partial charge on any atom is -0.355 e. The van der Waals surface area contributed by atoms with Crippen molar-refractivity contribution in [3.8, 4) is 0 Å².